The first-order valence-corrected chi connectivity index (χ1v) is 7.97. The molecule has 0 aliphatic carbocycles. The lowest BCUT2D eigenvalue weighted by Gasteiger charge is -2.28. The molecular formula is C17H19N5O2. The summed E-state index contributed by atoms with van der Waals surface area (Å²) in [6.45, 7) is 2.22. The largest absolute Gasteiger partial charge is 0.372 e. The Balaban J connectivity index is 1.64. The second-order valence-corrected chi connectivity index (χ2v) is 5.64. The number of rotatable bonds is 5. The van der Waals surface area contributed by atoms with E-state index in [1.165, 1.54) is 43.3 Å². The Morgan fingerprint density at radius 1 is 1.17 bits per heavy atom. The molecule has 0 spiro atoms. The fourth-order valence-corrected chi connectivity index (χ4v) is 2.72. The Kier molecular flexibility index (Phi) is 5.00. The lowest BCUT2D eigenvalue weighted by Crippen LogP contribution is -2.29. The van der Waals surface area contributed by atoms with E-state index in [-0.39, 0.29) is 11.5 Å². The standard InChI is InChI=1S/C17H19N5O2/c23-22(24)16-5-4-10-18-17(16)20-19-13-14-6-8-15(9-7-14)21-11-2-1-3-12-21/h4-10,13H,1-3,11-12H2,(H,18,20)/b19-13+. The van der Waals surface area contributed by atoms with E-state index < -0.39 is 4.92 Å². The maximum atomic E-state index is 10.9. The van der Waals surface area contributed by atoms with Crippen molar-refractivity contribution in [1.82, 2.24) is 4.98 Å². The highest BCUT2D eigenvalue weighted by atomic mass is 16.6. The summed E-state index contributed by atoms with van der Waals surface area (Å²) in [7, 11) is 0. The molecule has 0 radical (unpaired) electrons. The predicted molar refractivity (Wildman–Crippen MR) is 94.6 cm³/mol. The lowest BCUT2D eigenvalue weighted by atomic mass is 10.1. The van der Waals surface area contributed by atoms with Gasteiger partial charge in [0.25, 0.3) is 0 Å². The summed E-state index contributed by atoms with van der Waals surface area (Å²) < 4.78 is 0. The van der Waals surface area contributed by atoms with Gasteiger partial charge in [-0.3, -0.25) is 15.5 Å². The van der Waals surface area contributed by atoms with E-state index in [2.05, 4.69) is 32.5 Å². The average Bonchev–Trinajstić information content (AvgIpc) is 2.63. The monoisotopic (exact) mass is 325 g/mol. The summed E-state index contributed by atoms with van der Waals surface area (Å²) in [5.74, 6) is 0.128. The van der Waals surface area contributed by atoms with E-state index in [9.17, 15) is 10.1 Å². The predicted octanol–water partition coefficient (Wildman–Crippen LogP) is 3.43. The summed E-state index contributed by atoms with van der Waals surface area (Å²) in [4.78, 5) is 16.7. The first-order valence-electron chi connectivity index (χ1n) is 7.97. The smallest absolute Gasteiger partial charge is 0.313 e. The zero-order chi connectivity index (χ0) is 16.8. The zero-order valence-corrected chi connectivity index (χ0v) is 13.3. The van der Waals surface area contributed by atoms with E-state index in [1.807, 2.05) is 12.1 Å². The second-order valence-electron chi connectivity index (χ2n) is 5.64. The van der Waals surface area contributed by atoms with E-state index in [4.69, 9.17) is 0 Å². The van der Waals surface area contributed by atoms with Crippen LogP contribution in [-0.2, 0) is 0 Å². The van der Waals surface area contributed by atoms with E-state index in [1.54, 1.807) is 6.21 Å². The van der Waals surface area contributed by atoms with Gasteiger partial charge in [-0.25, -0.2) is 4.98 Å². The van der Waals surface area contributed by atoms with E-state index >= 15 is 0 Å². The summed E-state index contributed by atoms with van der Waals surface area (Å²) in [6, 6.07) is 11.0. The van der Waals surface area contributed by atoms with Gasteiger partial charge in [0.05, 0.1) is 11.1 Å². The summed E-state index contributed by atoms with van der Waals surface area (Å²) >= 11 is 0. The first kappa shape index (κ1) is 15.9. The molecular weight excluding hydrogens is 306 g/mol. The lowest BCUT2D eigenvalue weighted by molar-refractivity contribution is -0.384. The average molecular weight is 325 g/mol. The quantitative estimate of drug-likeness (QED) is 0.517. The van der Waals surface area contributed by atoms with Crippen molar-refractivity contribution in [2.45, 2.75) is 19.3 Å². The molecule has 0 unspecified atom stereocenters. The van der Waals surface area contributed by atoms with Crippen molar-refractivity contribution < 1.29 is 4.92 Å². The maximum Gasteiger partial charge on any atom is 0.313 e. The highest BCUT2D eigenvalue weighted by molar-refractivity contribution is 5.81. The number of piperidine rings is 1. The number of nitrogens with one attached hydrogen (secondary N) is 1. The minimum atomic E-state index is -0.488. The van der Waals surface area contributed by atoms with Crippen molar-refractivity contribution >= 4 is 23.4 Å². The van der Waals surface area contributed by atoms with Crippen LogP contribution >= 0.6 is 0 Å². The fourth-order valence-electron chi connectivity index (χ4n) is 2.72. The van der Waals surface area contributed by atoms with Crippen LogP contribution in [0.1, 0.15) is 24.8 Å². The molecule has 1 aliphatic rings. The number of nitro groups is 1. The van der Waals surface area contributed by atoms with Gasteiger partial charge in [-0.15, -0.1) is 0 Å². The summed E-state index contributed by atoms with van der Waals surface area (Å²) in [6.07, 6.45) is 6.91. The van der Waals surface area contributed by atoms with Crippen molar-refractivity contribution in [3.05, 3.63) is 58.3 Å². The molecule has 1 aromatic carbocycles. The molecule has 3 rings (SSSR count). The van der Waals surface area contributed by atoms with E-state index in [0.29, 0.717) is 0 Å². The number of anilines is 2. The molecule has 1 N–H and O–H groups in total. The van der Waals surface area contributed by atoms with Gasteiger partial charge in [-0.05, 0) is 43.0 Å². The number of pyridine rings is 1. The van der Waals surface area contributed by atoms with E-state index in [0.717, 1.165) is 18.7 Å². The van der Waals surface area contributed by atoms with Crippen molar-refractivity contribution in [1.29, 1.82) is 0 Å². The molecule has 1 fully saturated rings. The third-order valence-electron chi connectivity index (χ3n) is 3.98. The number of nitrogens with zero attached hydrogens (tertiary/aromatic N) is 4. The molecule has 1 aromatic heterocycles. The van der Waals surface area contributed by atoms with Gasteiger partial charge in [-0.2, -0.15) is 5.10 Å². The molecule has 0 bridgehead atoms. The minimum absolute atomic E-state index is 0.102. The van der Waals surface area contributed by atoms with Crippen molar-refractivity contribution in [3.63, 3.8) is 0 Å². The van der Waals surface area contributed by atoms with Gasteiger partial charge < -0.3 is 4.90 Å². The van der Waals surface area contributed by atoms with Crippen LogP contribution in [-0.4, -0.2) is 29.2 Å². The first-order chi connectivity index (χ1) is 11.7. The van der Waals surface area contributed by atoms with Gasteiger partial charge >= 0.3 is 5.69 Å². The number of benzene rings is 1. The van der Waals surface area contributed by atoms with Crippen LogP contribution in [0.5, 0.6) is 0 Å². The van der Waals surface area contributed by atoms with Gasteiger partial charge in [0.1, 0.15) is 0 Å². The minimum Gasteiger partial charge on any atom is -0.372 e. The Morgan fingerprint density at radius 3 is 2.62 bits per heavy atom. The zero-order valence-electron chi connectivity index (χ0n) is 13.3. The van der Waals surface area contributed by atoms with Gasteiger partial charge in [0, 0.05) is 31.0 Å². The number of hydrazone groups is 1. The van der Waals surface area contributed by atoms with Crippen LogP contribution in [0.2, 0.25) is 0 Å². The van der Waals surface area contributed by atoms with Crippen LogP contribution in [0, 0.1) is 10.1 Å². The molecule has 1 aliphatic heterocycles. The molecule has 1 saturated heterocycles. The second kappa shape index (κ2) is 7.54. The molecule has 2 aromatic rings. The highest BCUT2D eigenvalue weighted by Crippen LogP contribution is 2.21. The maximum absolute atomic E-state index is 10.9. The summed E-state index contributed by atoms with van der Waals surface area (Å²) in [5.41, 5.74) is 4.67. The summed E-state index contributed by atoms with van der Waals surface area (Å²) in [5, 5.41) is 15.0. The third-order valence-corrected chi connectivity index (χ3v) is 3.98. The van der Waals surface area contributed by atoms with Crippen LogP contribution < -0.4 is 10.3 Å². The van der Waals surface area contributed by atoms with Crippen LogP contribution in [0.15, 0.2) is 47.7 Å². The van der Waals surface area contributed by atoms with Crippen molar-refractivity contribution in [2.24, 2.45) is 5.10 Å². The number of hydrogen-bond donors (Lipinski definition) is 1. The fraction of sp³-hybridized carbons (Fsp3) is 0.294. The Labute approximate surface area is 140 Å². The number of aromatic nitrogens is 1. The normalized spacial score (nSPS) is 14.8. The Morgan fingerprint density at radius 2 is 1.92 bits per heavy atom. The Bertz CT molecular complexity index is 724. The molecule has 124 valence electrons. The van der Waals surface area contributed by atoms with Crippen LogP contribution in [0.25, 0.3) is 0 Å². The molecule has 24 heavy (non-hydrogen) atoms. The molecule has 2 heterocycles. The highest BCUT2D eigenvalue weighted by Gasteiger charge is 2.13. The Hall–Kier alpha value is -2.96. The van der Waals surface area contributed by atoms with Crippen LogP contribution in [0.3, 0.4) is 0 Å². The van der Waals surface area contributed by atoms with Gasteiger partial charge in [0.15, 0.2) is 0 Å². The van der Waals surface area contributed by atoms with Crippen molar-refractivity contribution in [3.8, 4) is 0 Å². The molecule has 7 heteroatoms. The number of hydrogen-bond acceptors (Lipinski definition) is 6. The molecule has 7 nitrogen and oxygen atoms in total. The van der Waals surface area contributed by atoms with Crippen LogP contribution in [0.4, 0.5) is 17.2 Å². The van der Waals surface area contributed by atoms with Gasteiger partial charge in [0.2, 0.25) is 5.82 Å². The topological polar surface area (TPSA) is 83.7 Å². The van der Waals surface area contributed by atoms with Gasteiger partial charge in [-0.1, -0.05) is 12.1 Å². The van der Waals surface area contributed by atoms with Crippen molar-refractivity contribution in [2.75, 3.05) is 23.4 Å². The molecule has 0 saturated carbocycles. The molecule has 0 amide bonds. The molecule has 0 atom stereocenters. The SMILES string of the molecule is O=[N+]([O-])c1cccnc1N/N=C/c1ccc(N2CCCCC2)cc1. The third kappa shape index (κ3) is 3.87.